The van der Waals surface area contributed by atoms with Crippen molar-refractivity contribution in [2.24, 2.45) is 0 Å². The van der Waals surface area contributed by atoms with E-state index in [1.807, 2.05) is 0 Å². The van der Waals surface area contributed by atoms with Crippen LogP contribution in [0.4, 0.5) is 0 Å². The number of phenolic OH excluding ortho intramolecular Hbond substituents is 1. The van der Waals surface area contributed by atoms with Crippen LogP contribution in [-0.2, 0) is 20.4 Å². The summed E-state index contributed by atoms with van der Waals surface area (Å²) < 4.78 is 30.1. The molecule has 1 unspecified atom stereocenters. The second-order valence-corrected chi connectivity index (χ2v) is 8.14. The third-order valence-electron chi connectivity index (χ3n) is 3.75. The minimum atomic E-state index is -3.48. The fourth-order valence-electron chi connectivity index (χ4n) is 2.23. The minimum absolute atomic E-state index is 0.0230. The van der Waals surface area contributed by atoms with Crippen LogP contribution in [0.2, 0.25) is 0 Å². The van der Waals surface area contributed by atoms with E-state index in [2.05, 4.69) is 0 Å². The van der Waals surface area contributed by atoms with Crippen LogP contribution < -0.4 is 4.74 Å². The van der Waals surface area contributed by atoms with Gasteiger partial charge >= 0.3 is 5.97 Å². The van der Waals surface area contributed by atoms with E-state index in [9.17, 15) is 23.4 Å². The molecule has 2 rings (SSSR count). The average molecular weight is 364 g/mol. The quantitative estimate of drug-likeness (QED) is 0.747. The maximum absolute atomic E-state index is 12.3. The lowest BCUT2D eigenvalue weighted by Gasteiger charge is -2.26. The van der Waals surface area contributed by atoms with Gasteiger partial charge in [-0.15, -0.1) is 0 Å². The number of phenols is 1. The SMILES string of the molecule is CC(CCS(=O)(=O)Cc1ccccc1)(Oc1ccc(O)cc1)C(=O)O. The van der Waals surface area contributed by atoms with Crippen molar-refractivity contribution in [3.8, 4) is 11.5 Å². The Balaban J connectivity index is 2.07. The predicted molar refractivity (Wildman–Crippen MR) is 93.3 cm³/mol. The van der Waals surface area contributed by atoms with Crippen LogP contribution in [0, 0.1) is 0 Å². The second-order valence-electron chi connectivity index (χ2n) is 5.96. The number of carboxylic acids is 1. The van der Waals surface area contributed by atoms with E-state index in [1.165, 1.54) is 31.2 Å². The van der Waals surface area contributed by atoms with Gasteiger partial charge in [0.2, 0.25) is 5.60 Å². The van der Waals surface area contributed by atoms with Gasteiger partial charge in [-0.2, -0.15) is 0 Å². The number of carbonyl (C=O) groups is 1. The van der Waals surface area contributed by atoms with Crippen molar-refractivity contribution in [1.82, 2.24) is 0 Å². The summed E-state index contributed by atoms with van der Waals surface area (Å²) in [6.45, 7) is 1.33. The highest BCUT2D eigenvalue weighted by Gasteiger charge is 2.37. The highest BCUT2D eigenvalue weighted by Crippen LogP contribution is 2.25. The lowest BCUT2D eigenvalue weighted by Crippen LogP contribution is -2.43. The lowest BCUT2D eigenvalue weighted by atomic mass is 10.0. The van der Waals surface area contributed by atoms with Gasteiger partial charge in [0.15, 0.2) is 9.84 Å². The zero-order valence-electron chi connectivity index (χ0n) is 13.8. The van der Waals surface area contributed by atoms with Crippen LogP contribution in [0.25, 0.3) is 0 Å². The number of aliphatic carboxylic acids is 1. The maximum Gasteiger partial charge on any atom is 0.347 e. The van der Waals surface area contributed by atoms with Gasteiger partial charge < -0.3 is 14.9 Å². The Labute approximate surface area is 146 Å². The Bertz CT molecular complexity index is 814. The molecule has 0 saturated heterocycles. The van der Waals surface area contributed by atoms with E-state index in [4.69, 9.17) is 4.74 Å². The summed E-state index contributed by atoms with van der Waals surface area (Å²) in [5.41, 5.74) is -1.04. The number of hydrogen-bond donors (Lipinski definition) is 2. The third kappa shape index (κ3) is 5.49. The van der Waals surface area contributed by atoms with Gasteiger partial charge in [-0.3, -0.25) is 0 Å². The number of rotatable bonds is 8. The second kappa shape index (κ2) is 7.57. The smallest absolute Gasteiger partial charge is 0.347 e. The molecule has 0 spiro atoms. The predicted octanol–water partition coefficient (Wildman–Crippen LogP) is 2.62. The van der Waals surface area contributed by atoms with Crippen molar-refractivity contribution in [1.29, 1.82) is 0 Å². The van der Waals surface area contributed by atoms with Crippen LogP contribution in [0.15, 0.2) is 54.6 Å². The molecule has 7 heteroatoms. The van der Waals surface area contributed by atoms with E-state index in [0.29, 0.717) is 5.56 Å². The average Bonchev–Trinajstić information content (AvgIpc) is 2.56. The standard InChI is InChI=1S/C18H20O6S/c1-18(17(20)21,24-16-9-7-15(19)8-10-16)11-12-25(22,23)13-14-5-3-2-4-6-14/h2-10,19H,11-13H2,1H3,(H,20,21). The van der Waals surface area contributed by atoms with Crippen molar-refractivity contribution in [2.75, 3.05) is 5.75 Å². The van der Waals surface area contributed by atoms with Crippen molar-refractivity contribution in [3.63, 3.8) is 0 Å². The number of benzene rings is 2. The molecule has 2 aromatic rings. The summed E-state index contributed by atoms with van der Waals surface area (Å²) in [6, 6.07) is 14.3. The molecule has 2 aromatic carbocycles. The van der Waals surface area contributed by atoms with Crippen LogP contribution in [0.1, 0.15) is 18.9 Å². The number of hydrogen-bond acceptors (Lipinski definition) is 5. The first-order valence-electron chi connectivity index (χ1n) is 7.66. The fourth-order valence-corrected chi connectivity index (χ4v) is 3.77. The summed E-state index contributed by atoms with van der Waals surface area (Å²) in [6.07, 6.45) is -0.196. The van der Waals surface area contributed by atoms with E-state index in [0.717, 1.165) is 0 Å². The molecule has 0 heterocycles. The molecule has 0 amide bonds. The van der Waals surface area contributed by atoms with Gasteiger partial charge in [0.25, 0.3) is 0 Å². The molecule has 134 valence electrons. The molecule has 0 aromatic heterocycles. The Morgan fingerprint density at radius 2 is 1.68 bits per heavy atom. The largest absolute Gasteiger partial charge is 0.508 e. The maximum atomic E-state index is 12.3. The summed E-state index contributed by atoms with van der Waals surface area (Å²) in [4.78, 5) is 11.6. The third-order valence-corrected chi connectivity index (χ3v) is 5.35. The highest BCUT2D eigenvalue weighted by atomic mass is 32.2. The van der Waals surface area contributed by atoms with Gasteiger partial charge in [-0.1, -0.05) is 30.3 Å². The summed E-state index contributed by atoms with van der Waals surface area (Å²) in [5.74, 6) is -1.46. The van der Waals surface area contributed by atoms with Crippen LogP contribution in [0.3, 0.4) is 0 Å². The van der Waals surface area contributed by atoms with Crippen LogP contribution >= 0.6 is 0 Å². The Morgan fingerprint density at radius 3 is 2.24 bits per heavy atom. The molecule has 0 bridgehead atoms. The zero-order chi connectivity index (χ0) is 18.5. The molecule has 0 aliphatic rings. The van der Waals surface area contributed by atoms with E-state index < -0.39 is 21.4 Å². The molecule has 0 saturated carbocycles. The molecule has 25 heavy (non-hydrogen) atoms. The lowest BCUT2D eigenvalue weighted by molar-refractivity contribution is -0.153. The van der Waals surface area contributed by atoms with E-state index >= 15 is 0 Å². The molecule has 0 aliphatic carbocycles. The minimum Gasteiger partial charge on any atom is -0.508 e. The van der Waals surface area contributed by atoms with Crippen LogP contribution in [-0.4, -0.2) is 36.0 Å². The van der Waals surface area contributed by atoms with Gasteiger partial charge in [0.1, 0.15) is 11.5 Å². The van der Waals surface area contributed by atoms with Gasteiger partial charge in [-0.05, 0) is 36.8 Å². The first kappa shape index (κ1) is 18.8. The molecule has 1 atom stereocenters. The number of ether oxygens (including phenoxy) is 1. The first-order chi connectivity index (χ1) is 11.7. The Hall–Kier alpha value is -2.54. The van der Waals surface area contributed by atoms with E-state index in [1.54, 1.807) is 30.3 Å². The fraction of sp³-hybridized carbons (Fsp3) is 0.278. The normalized spacial score (nSPS) is 13.8. The van der Waals surface area contributed by atoms with Gasteiger partial charge in [0.05, 0.1) is 11.5 Å². The summed E-state index contributed by atoms with van der Waals surface area (Å²) in [5, 5.41) is 18.7. The zero-order valence-corrected chi connectivity index (χ0v) is 14.6. The molecular weight excluding hydrogens is 344 g/mol. The van der Waals surface area contributed by atoms with Crippen molar-refractivity contribution in [3.05, 3.63) is 60.2 Å². The highest BCUT2D eigenvalue weighted by molar-refractivity contribution is 7.90. The number of aromatic hydroxyl groups is 1. The molecule has 0 aliphatic heterocycles. The van der Waals surface area contributed by atoms with Crippen molar-refractivity contribution in [2.45, 2.75) is 24.7 Å². The topological polar surface area (TPSA) is 101 Å². The summed E-state index contributed by atoms with van der Waals surface area (Å²) >= 11 is 0. The molecular formula is C18H20O6S. The molecule has 2 N–H and O–H groups in total. The summed E-state index contributed by atoms with van der Waals surface area (Å²) in [7, 11) is -3.48. The Kier molecular flexibility index (Phi) is 5.69. The number of sulfone groups is 1. The van der Waals surface area contributed by atoms with Crippen LogP contribution in [0.5, 0.6) is 11.5 Å². The molecule has 0 radical (unpaired) electrons. The number of carboxylic acid groups (broad SMARTS) is 1. The molecule has 0 fully saturated rings. The van der Waals surface area contributed by atoms with Gasteiger partial charge in [0, 0.05) is 6.42 Å². The first-order valence-corrected chi connectivity index (χ1v) is 9.48. The monoisotopic (exact) mass is 364 g/mol. The van der Waals surface area contributed by atoms with E-state index in [-0.39, 0.29) is 29.4 Å². The molecule has 6 nitrogen and oxygen atoms in total. The van der Waals surface area contributed by atoms with Crippen molar-refractivity contribution < 1.29 is 28.2 Å². The van der Waals surface area contributed by atoms with Crippen molar-refractivity contribution >= 4 is 15.8 Å². The van der Waals surface area contributed by atoms with Gasteiger partial charge in [-0.25, -0.2) is 13.2 Å². The Morgan fingerprint density at radius 1 is 1.08 bits per heavy atom.